The van der Waals surface area contributed by atoms with Crippen LogP contribution in [0.3, 0.4) is 0 Å². The van der Waals surface area contributed by atoms with Crippen LogP contribution >= 0.6 is 0 Å². The molecule has 20 heavy (non-hydrogen) atoms. The Morgan fingerprint density at radius 1 is 1.10 bits per heavy atom. The van der Waals surface area contributed by atoms with Gasteiger partial charge in [-0.2, -0.15) is 0 Å². The predicted molar refractivity (Wildman–Crippen MR) is 77.5 cm³/mol. The third kappa shape index (κ3) is 2.28. The van der Waals surface area contributed by atoms with E-state index in [9.17, 15) is 4.79 Å². The fraction of sp³-hybridized carbons (Fsp3) is 0.125. The minimum Gasteiger partial charge on any atom is -0.496 e. The number of nitrogens with zero attached hydrogens (tertiary/aromatic N) is 1. The second-order valence-electron chi connectivity index (χ2n) is 4.51. The van der Waals surface area contributed by atoms with E-state index < -0.39 is 0 Å². The van der Waals surface area contributed by atoms with Crippen LogP contribution in [0.2, 0.25) is 0 Å². The SMILES string of the molecule is COc1ccccc1C1=Nc2ccccc2CC(=O)N1. The highest BCUT2D eigenvalue weighted by atomic mass is 16.5. The number of fused-ring (bicyclic) bond motifs is 1. The standard InChI is InChI=1S/C16H14N2O2/c1-20-14-9-5-3-7-12(14)16-17-13-8-4-2-6-11(13)10-15(19)18-16/h2-9H,10H2,1H3,(H,17,18,19). The van der Waals surface area contributed by atoms with Crippen LogP contribution in [0.25, 0.3) is 0 Å². The van der Waals surface area contributed by atoms with Gasteiger partial charge in [-0.25, -0.2) is 4.99 Å². The summed E-state index contributed by atoms with van der Waals surface area (Å²) >= 11 is 0. The molecule has 0 spiro atoms. The molecule has 0 fully saturated rings. The molecule has 1 aliphatic heterocycles. The van der Waals surface area contributed by atoms with Gasteiger partial charge in [0.25, 0.3) is 0 Å². The number of hydrogen-bond acceptors (Lipinski definition) is 3. The fourth-order valence-electron chi connectivity index (χ4n) is 2.23. The molecule has 1 N–H and O–H groups in total. The van der Waals surface area contributed by atoms with Gasteiger partial charge in [-0.1, -0.05) is 30.3 Å². The Labute approximate surface area is 117 Å². The Morgan fingerprint density at radius 3 is 2.70 bits per heavy atom. The fourth-order valence-corrected chi connectivity index (χ4v) is 2.23. The van der Waals surface area contributed by atoms with Gasteiger partial charge in [-0.05, 0) is 23.8 Å². The molecule has 0 saturated heterocycles. The summed E-state index contributed by atoms with van der Waals surface area (Å²) in [5.74, 6) is 1.14. The summed E-state index contributed by atoms with van der Waals surface area (Å²) in [5.41, 5.74) is 2.52. The van der Waals surface area contributed by atoms with Crippen LogP contribution in [0.15, 0.2) is 53.5 Å². The first-order valence-electron chi connectivity index (χ1n) is 6.38. The number of methoxy groups -OCH3 is 1. The van der Waals surface area contributed by atoms with E-state index >= 15 is 0 Å². The summed E-state index contributed by atoms with van der Waals surface area (Å²) in [7, 11) is 1.60. The number of hydrogen-bond donors (Lipinski definition) is 1. The van der Waals surface area contributed by atoms with Gasteiger partial charge in [0.1, 0.15) is 11.6 Å². The van der Waals surface area contributed by atoms with Gasteiger partial charge in [0.05, 0.1) is 24.8 Å². The molecule has 2 aromatic rings. The molecule has 1 amide bonds. The van der Waals surface area contributed by atoms with Crippen LogP contribution in [-0.2, 0) is 11.2 Å². The molecule has 0 aliphatic carbocycles. The van der Waals surface area contributed by atoms with E-state index in [0.29, 0.717) is 18.0 Å². The van der Waals surface area contributed by atoms with Gasteiger partial charge in [0.15, 0.2) is 0 Å². The largest absolute Gasteiger partial charge is 0.496 e. The number of ether oxygens (including phenoxy) is 1. The number of nitrogens with one attached hydrogen (secondary N) is 1. The van der Waals surface area contributed by atoms with Gasteiger partial charge in [0.2, 0.25) is 5.91 Å². The maximum Gasteiger partial charge on any atom is 0.230 e. The summed E-state index contributed by atoms with van der Waals surface area (Å²) in [6, 6.07) is 15.2. The van der Waals surface area contributed by atoms with E-state index in [2.05, 4.69) is 10.3 Å². The van der Waals surface area contributed by atoms with Crippen molar-refractivity contribution < 1.29 is 9.53 Å². The Morgan fingerprint density at radius 2 is 1.85 bits per heavy atom. The minimum absolute atomic E-state index is 0.0698. The average molecular weight is 266 g/mol. The third-order valence-corrected chi connectivity index (χ3v) is 3.19. The Bertz CT molecular complexity index is 692. The highest BCUT2D eigenvalue weighted by Gasteiger charge is 2.18. The molecule has 4 nitrogen and oxygen atoms in total. The van der Waals surface area contributed by atoms with E-state index in [-0.39, 0.29) is 5.91 Å². The molecule has 0 saturated carbocycles. The minimum atomic E-state index is -0.0698. The van der Waals surface area contributed by atoms with Gasteiger partial charge in [-0.3, -0.25) is 4.79 Å². The Balaban J connectivity index is 2.13. The monoisotopic (exact) mass is 266 g/mol. The zero-order valence-corrected chi connectivity index (χ0v) is 11.1. The summed E-state index contributed by atoms with van der Waals surface area (Å²) in [5, 5.41) is 2.85. The lowest BCUT2D eigenvalue weighted by Crippen LogP contribution is -2.31. The molecule has 1 aliphatic rings. The molecule has 0 unspecified atom stereocenters. The Hall–Kier alpha value is -2.62. The van der Waals surface area contributed by atoms with Crippen molar-refractivity contribution in [3.63, 3.8) is 0 Å². The summed E-state index contributed by atoms with van der Waals surface area (Å²) in [6.07, 6.45) is 0.332. The molecular formula is C16H14N2O2. The van der Waals surface area contributed by atoms with E-state index in [1.165, 1.54) is 0 Å². The Kier molecular flexibility index (Phi) is 3.21. The van der Waals surface area contributed by atoms with E-state index in [0.717, 1.165) is 16.8 Å². The van der Waals surface area contributed by atoms with Crippen LogP contribution in [0.5, 0.6) is 5.75 Å². The molecule has 0 atom stereocenters. The number of aliphatic imine (C=N–C) groups is 1. The smallest absolute Gasteiger partial charge is 0.230 e. The molecular weight excluding hydrogens is 252 g/mol. The van der Waals surface area contributed by atoms with Crippen molar-refractivity contribution in [1.29, 1.82) is 0 Å². The molecule has 0 aromatic heterocycles. The normalized spacial score (nSPS) is 13.8. The van der Waals surface area contributed by atoms with Gasteiger partial charge >= 0.3 is 0 Å². The molecule has 1 heterocycles. The van der Waals surface area contributed by atoms with Crippen molar-refractivity contribution in [2.75, 3.05) is 7.11 Å². The molecule has 100 valence electrons. The first-order chi connectivity index (χ1) is 9.78. The molecule has 4 heteroatoms. The van der Waals surface area contributed by atoms with Gasteiger partial charge in [-0.15, -0.1) is 0 Å². The highest BCUT2D eigenvalue weighted by Crippen LogP contribution is 2.25. The zero-order valence-electron chi connectivity index (χ0n) is 11.1. The average Bonchev–Trinajstić information content (AvgIpc) is 2.65. The van der Waals surface area contributed by atoms with E-state index in [1.54, 1.807) is 7.11 Å². The number of carbonyl (C=O) groups is 1. The van der Waals surface area contributed by atoms with Gasteiger partial charge in [0, 0.05) is 0 Å². The van der Waals surface area contributed by atoms with Gasteiger partial charge < -0.3 is 10.1 Å². The molecule has 2 aromatic carbocycles. The number of amidine groups is 1. The van der Waals surface area contributed by atoms with Crippen molar-refractivity contribution in [3.8, 4) is 5.75 Å². The number of benzene rings is 2. The lowest BCUT2D eigenvalue weighted by atomic mass is 10.1. The third-order valence-electron chi connectivity index (χ3n) is 3.19. The summed E-state index contributed by atoms with van der Waals surface area (Å²) in [4.78, 5) is 16.6. The van der Waals surface area contributed by atoms with E-state index in [4.69, 9.17) is 4.74 Å². The van der Waals surface area contributed by atoms with Crippen molar-refractivity contribution in [3.05, 3.63) is 59.7 Å². The van der Waals surface area contributed by atoms with Crippen LogP contribution < -0.4 is 10.1 Å². The number of amides is 1. The van der Waals surface area contributed by atoms with Crippen LogP contribution in [0.4, 0.5) is 5.69 Å². The topological polar surface area (TPSA) is 50.7 Å². The lowest BCUT2D eigenvalue weighted by molar-refractivity contribution is -0.118. The second-order valence-corrected chi connectivity index (χ2v) is 4.51. The maximum absolute atomic E-state index is 12.0. The molecule has 0 radical (unpaired) electrons. The van der Waals surface area contributed by atoms with Crippen LogP contribution in [-0.4, -0.2) is 18.9 Å². The number of para-hydroxylation sites is 2. The van der Waals surface area contributed by atoms with E-state index in [1.807, 2.05) is 48.5 Å². The predicted octanol–water partition coefficient (Wildman–Crippen LogP) is 2.45. The summed E-state index contributed by atoms with van der Waals surface area (Å²) < 4.78 is 5.33. The quantitative estimate of drug-likeness (QED) is 0.907. The molecule has 3 rings (SSSR count). The molecule has 0 bridgehead atoms. The summed E-state index contributed by atoms with van der Waals surface area (Å²) in [6.45, 7) is 0. The van der Waals surface area contributed by atoms with Crippen LogP contribution in [0.1, 0.15) is 11.1 Å². The van der Waals surface area contributed by atoms with Crippen molar-refractivity contribution >= 4 is 17.4 Å². The number of rotatable bonds is 2. The highest BCUT2D eigenvalue weighted by molar-refractivity contribution is 6.12. The van der Waals surface area contributed by atoms with Crippen molar-refractivity contribution in [1.82, 2.24) is 5.32 Å². The van der Waals surface area contributed by atoms with Crippen molar-refractivity contribution in [2.24, 2.45) is 4.99 Å². The zero-order chi connectivity index (χ0) is 13.9. The first kappa shape index (κ1) is 12.4. The van der Waals surface area contributed by atoms with Crippen LogP contribution in [0, 0.1) is 0 Å². The first-order valence-corrected chi connectivity index (χ1v) is 6.38. The van der Waals surface area contributed by atoms with Crippen molar-refractivity contribution in [2.45, 2.75) is 6.42 Å². The number of carbonyl (C=O) groups excluding carboxylic acids is 1. The lowest BCUT2D eigenvalue weighted by Gasteiger charge is -2.10. The second kappa shape index (κ2) is 5.17. The maximum atomic E-state index is 12.0.